The molecule has 0 spiro atoms. The topological polar surface area (TPSA) is 76.0 Å². The van der Waals surface area contributed by atoms with E-state index in [0.717, 1.165) is 37.0 Å². The molecule has 0 saturated carbocycles. The fraction of sp³-hybridized carbons (Fsp3) is 0.500. The van der Waals surface area contributed by atoms with Crippen LogP contribution in [0.2, 0.25) is 0 Å². The van der Waals surface area contributed by atoms with Crippen LogP contribution in [-0.4, -0.2) is 35.1 Å². The third-order valence-electron chi connectivity index (χ3n) is 4.62. The first-order valence-corrected chi connectivity index (χ1v) is 8.57. The first-order chi connectivity index (χ1) is 11.6. The van der Waals surface area contributed by atoms with Gasteiger partial charge in [0.25, 0.3) is 5.56 Å². The van der Waals surface area contributed by atoms with Crippen LogP contribution in [0.1, 0.15) is 24.8 Å². The predicted octanol–water partition coefficient (Wildman–Crippen LogP) is 1.63. The maximum atomic E-state index is 12.5. The standard InChI is InChI=1S/C18H24N4O2.ClH/c1-13-4-2-6-15-17(13)21-12-22(18(15)24)9-7-16(23)20-11-14-5-3-8-19-10-14;/h2,4,6,12,14,19H,3,5,7-11H2,1H3,(H,20,23);1H. The van der Waals surface area contributed by atoms with Crippen molar-refractivity contribution >= 4 is 29.2 Å². The number of fused-ring (bicyclic) bond motifs is 1. The summed E-state index contributed by atoms with van der Waals surface area (Å²) in [5.74, 6) is 0.493. The molecule has 1 fully saturated rings. The smallest absolute Gasteiger partial charge is 0.261 e. The third-order valence-corrected chi connectivity index (χ3v) is 4.62. The van der Waals surface area contributed by atoms with E-state index in [1.165, 1.54) is 10.9 Å². The molecule has 1 atom stereocenters. The number of para-hydroxylation sites is 1. The van der Waals surface area contributed by atoms with E-state index in [9.17, 15) is 9.59 Å². The Balaban J connectivity index is 0.00000225. The molecular formula is C18H25ClN4O2. The van der Waals surface area contributed by atoms with Crippen molar-refractivity contribution < 1.29 is 4.79 Å². The van der Waals surface area contributed by atoms with Crippen molar-refractivity contribution in [2.45, 2.75) is 32.7 Å². The quantitative estimate of drug-likeness (QED) is 0.845. The summed E-state index contributed by atoms with van der Waals surface area (Å²) in [6.45, 7) is 5.03. The van der Waals surface area contributed by atoms with Crippen LogP contribution in [0, 0.1) is 12.8 Å². The zero-order chi connectivity index (χ0) is 16.9. The maximum Gasteiger partial charge on any atom is 0.261 e. The number of aryl methyl sites for hydroxylation is 2. The molecule has 2 heterocycles. The molecule has 0 radical (unpaired) electrons. The van der Waals surface area contributed by atoms with Crippen molar-refractivity contribution in [3.63, 3.8) is 0 Å². The number of rotatable bonds is 5. The van der Waals surface area contributed by atoms with Crippen molar-refractivity contribution in [1.82, 2.24) is 20.2 Å². The van der Waals surface area contributed by atoms with Gasteiger partial charge in [-0.1, -0.05) is 12.1 Å². The van der Waals surface area contributed by atoms with Crippen LogP contribution in [0.5, 0.6) is 0 Å². The molecule has 1 aromatic heterocycles. The maximum absolute atomic E-state index is 12.5. The molecular weight excluding hydrogens is 340 g/mol. The van der Waals surface area contributed by atoms with E-state index in [1.54, 1.807) is 6.07 Å². The van der Waals surface area contributed by atoms with Crippen LogP contribution < -0.4 is 16.2 Å². The third kappa shape index (κ3) is 4.80. The Morgan fingerprint density at radius 2 is 2.28 bits per heavy atom. The molecule has 1 aromatic carbocycles. The fourth-order valence-electron chi connectivity index (χ4n) is 3.16. The van der Waals surface area contributed by atoms with Gasteiger partial charge in [0.15, 0.2) is 0 Å². The van der Waals surface area contributed by atoms with Gasteiger partial charge in [-0.15, -0.1) is 12.4 Å². The number of nitrogens with zero attached hydrogens (tertiary/aromatic N) is 2. The number of benzene rings is 1. The molecule has 2 N–H and O–H groups in total. The van der Waals surface area contributed by atoms with Gasteiger partial charge in [0, 0.05) is 19.5 Å². The molecule has 1 aliphatic rings. The second kappa shape index (κ2) is 8.97. The highest BCUT2D eigenvalue weighted by Crippen LogP contribution is 2.11. The molecule has 3 rings (SSSR count). The first-order valence-electron chi connectivity index (χ1n) is 8.57. The summed E-state index contributed by atoms with van der Waals surface area (Å²) in [4.78, 5) is 28.9. The van der Waals surface area contributed by atoms with Crippen molar-refractivity contribution in [2.24, 2.45) is 5.92 Å². The highest BCUT2D eigenvalue weighted by atomic mass is 35.5. The Morgan fingerprint density at radius 3 is 3.04 bits per heavy atom. The van der Waals surface area contributed by atoms with Crippen molar-refractivity contribution in [1.29, 1.82) is 0 Å². The van der Waals surface area contributed by atoms with Crippen molar-refractivity contribution in [3.8, 4) is 0 Å². The van der Waals surface area contributed by atoms with E-state index in [-0.39, 0.29) is 23.9 Å². The molecule has 1 unspecified atom stereocenters. The highest BCUT2D eigenvalue weighted by Gasteiger charge is 2.14. The highest BCUT2D eigenvalue weighted by molar-refractivity contribution is 5.85. The summed E-state index contributed by atoms with van der Waals surface area (Å²) in [6.07, 6.45) is 4.15. The van der Waals surface area contributed by atoms with Gasteiger partial charge < -0.3 is 10.6 Å². The average molecular weight is 365 g/mol. The van der Waals surface area contributed by atoms with Gasteiger partial charge in [0.1, 0.15) is 0 Å². The average Bonchev–Trinajstić information content (AvgIpc) is 2.61. The fourth-order valence-corrected chi connectivity index (χ4v) is 3.16. The number of hydrogen-bond donors (Lipinski definition) is 2. The number of carbonyl (C=O) groups is 1. The summed E-state index contributed by atoms with van der Waals surface area (Å²) in [5, 5.41) is 6.92. The largest absolute Gasteiger partial charge is 0.356 e. The SMILES string of the molecule is Cc1cccc2c(=O)n(CCC(=O)NCC3CCCNC3)cnc12.Cl. The summed E-state index contributed by atoms with van der Waals surface area (Å²) >= 11 is 0. The van der Waals surface area contributed by atoms with Gasteiger partial charge in [0.2, 0.25) is 5.91 Å². The Bertz CT molecular complexity index is 784. The van der Waals surface area contributed by atoms with E-state index in [1.807, 2.05) is 19.1 Å². The number of halogens is 1. The molecule has 0 bridgehead atoms. The lowest BCUT2D eigenvalue weighted by Gasteiger charge is -2.22. The predicted molar refractivity (Wildman–Crippen MR) is 101 cm³/mol. The zero-order valence-corrected chi connectivity index (χ0v) is 15.3. The number of nitrogens with one attached hydrogen (secondary N) is 2. The van der Waals surface area contributed by atoms with E-state index in [2.05, 4.69) is 15.6 Å². The Morgan fingerprint density at radius 1 is 1.44 bits per heavy atom. The molecule has 1 aliphatic heterocycles. The van der Waals surface area contributed by atoms with Crippen molar-refractivity contribution in [2.75, 3.05) is 19.6 Å². The molecule has 136 valence electrons. The minimum Gasteiger partial charge on any atom is -0.356 e. The van der Waals surface area contributed by atoms with Gasteiger partial charge in [-0.2, -0.15) is 0 Å². The molecule has 0 aliphatic carbocycles. The number of carbonyl (C=O) groups excluding carboxylic acids is 1. The normalized spacial score (nSPS) is 17.1. The van der Waals surface area contributed by atoms with Crippen LogP contribution in [0.25, 0.3) is 10.9 Å². The molecule has 7 heteroatoms. The zero-order valence-electron chi connectivity index (χ0n) is 14.5. The monoisotopic (exact) mass is 364 g/mol. The second-order valence-electron chi connectivity index (χ2n) is 6.48. The molecule has 6 nitrogen and oxygen atoms in total. The van der Waals surface area contributed by atoms with E-state index in [4.69, 9.17) is 0 Å². The Hall–Kier alpha value is -1.92. The van der Waals surface area contributed by atoms with Gasteiger partial charge >= 0.3 is 0 Å². The second-order valence-corrected chi connectivity index (χ2v) is 6.48. The molecule has 1 amide bonds. The minimum absolute atomic E-state index is 0. The van der Waals surface area contributed by atoms with Gasteiger partial charge in [-0.3, -0.25) is 14.2 Å². The van der Waals surface area contributed by atoms with Crippen molar-refractivity contribution in [3.05, 3.63) is 40.4 Å². The summed E-state index contributed by atoms with van der Waals surface area (Å²) in [5.41, 5.74) is 1.62. The van der Waals surface area contributed by atoms with E-state index in [0.29, 0.717) is 30.8 Å². The van der Waals surface area contributed by atoms with E-state index >= 15 is 0 Å². The summed E-state index contributed by atoms with van der Waals surface area (Å²) in [6, 6.07) is 5.58. The lowest BCUT2D eigenvalue weighted by atomic mass is 10.00. The van der Waals surface area contributed by atoms with Crippen LogP contribution >= 0.6 is 12.4 Å². The van der Waals surface area contributed by atoms with Crippen LogP contribution in [0.4, 0.5) is 0 Å². The minimum atomic E-state index is -0.0898. The lowest BCUT2D eigenvalue weighted by Crippen LogP contribution is -2.38. The molecule has 1 saturated heterocycles. The summed E-state index contributed by atoms with van der Waals surface area (Å²) in [7, 11) is 0. The number of hydrogen-bond acceptors (Lipinski definition) is 4. The van der Waals surface area contributed by atoms with Gasteiger partial charge in [-0.25, -0.2) is 4.98 Å². The first kappa shape index (κ1) is 19.4. The van der Waals surface area contributed by atoms with Gasteiger partial charge in [-0.05, 0) is 50.4 Å². The molecule has 25 heavy (non-hydrogen) atoms. The van der Waals surface area contributed by atoms with Crippen LogP contribution in [0.3, 0.4) is 0 Å². The molecule has 2 aromatic rings. The van der Waals surface area contributed by atoms with Crippen LogP contribution in [-0.2, 0) is 11.3 Å². The van der Waals surface area contributed by atoms with Gasteiger partial charge in [0.05, 0.1) is 17.2 Å². The Kier molecular flexibility index (Phi) is 6.96. The summed E-state index contributed by atoms with van der Waals surface area (Å²) < 4.78 is 1.52. The van der Waals surface area contributed by atoms with E-state index < -0.39 is 0 Å². The van der Waals surface area contributed by atoms with Crippen LogP contribution in [0.15, 0.2) is 29.3 Å². The number of piperidine rings is 1. The number of amides is 1. The lowest BCUT2D eigenvalue weighted by molar-refractivity contribution is -0.121. The number of aromatic nitrogens is 2. The Labute approximate surface area is 153 Å².